The zero-order valence-corrected chi connectivity index (χ0v) is 16.2. The Morgan fingerprint density at radius 1 is 0.920 bits per heavy atom. The molecule has 0 heterocycles. The van der Waals surface area contributed by atoms with Gasteiger partial charge in [-0.1, -0.05) is 12.1 Å². The number of nitrogens with zero attached hydrogens (tertiary/aromatic N) is 3. The highest BCUT2D eigenvalue weighted by Gasteiger charge is 2.18. The number of amides is 2. The average Bonchev–Trinajstić information content (AvgIpc) is 2.54. The van der Waals surface area contributed by atoms with Gasteiger partial charge in [-0.3, -0.25) is 9.59 Å². The molecule has 1 rings (SSSR count). The summed E-state index contributed by atoms with van der Waals surface area (Å²) in [6.45, 7) is 1.51. The third-order valence-electron chi connectivity index (χ3n) is 3.92. The van der Waals surface area contributed by atoms with Gasteiger partial charge in [0.2, 0.25) is 0 Å². The van der Waals surface area contributed by atoms with Crippen LogP contribution in [0.15, 0.2) is 24.3 Å². The summed E-state index contributed by atoms with van der Waals surface area (Å²) in [4.78, 5) is 29.8. The van der Waals surface area contributed by atoms with E-state index in [1.54, 1.807) is 0 Å². The summed E-state index contributed by atoms with van der Waals surface area (Å²) in [5.74, 6) is -1.20. The second kappa shape index (κ2) is 10.0. The fourth-order valence-corrected chi connectivity index (χ4v) is 2.34. The van der Waals surface area contributed by atoms with Crippen molar-refractivity contribution in [3.8, 4) is 0 Å². The summed E-state index contributed by atoms with van der Waals surface area (Å²) in [6.07, 6.45) is 0. The molecule has 0 radical (unpaired) electrons. The molecule has 0 aliphatic rings. The fourth-order valence-electron chi connectivity index (χ4n) is 2.34. The largest absolute Gasteiger partial charge is 0.378 e. The predicted molar refractivity (Wildman–Crippen MR) is 102 cm³/mol. The lowest BCUT2D eigenvalue weighted by Crippen LogP contribution is -2.44. The first kappa shape index (κ1) is 20.9. The number of anilines is 1. The van der Waals surface area contributed by atoms with Crippen LogP contribution in [0, 0.1) is 0 Å². The second-order valence-electron chi connectivity index (χ2n) is 6.73. The van der Waals surface area contributed by atoms with Crippen molar-refractivity contribution in [2.75, 3.05) is 66.8 Å². The van der Waals surface area contributed by atoms with Crippen molar-refractivity contribution in [2.24, 2.45) is 0 Å². The van der Waals surface area contributed by atoms with E-state index in [-0.39, 0.29) is 6.04 Å². The molecule has 0 unspecified atom stereocenters. The molecule has 0 aliphatic carbocycles. The van der Waals surface area contributed by atoms with Crippen molar-refractivity contribution in [1.29, 1.82) is 0 Å². The van der Waals surface area contributed by atoms with Crippen LogP contribution in [0.25, 0.3) is 0 Å². The van der Waals surface area contributed by atoms with Crippen molar-refractivity contribution >= 4 is 17.5 Å². The lowest BCUT2D eigenvalue weighted by atomic mass is 10.1. The van der Waals surface area contributed by atoms with Crippen molar-refractivity contribution < 1.29 is 9.59 Å². The Bertz CT molecular complexity index is 555. The molecule has 0 bridgehead atoms. The summed E-state index contributed by atoms with van der Waals surface area (Å²) in [5.41, 5.74) is 2.20. The molecule has 140 valence electrons. The third kappa shape index (κ3) is 7.11. The highest BCUT2D eigenvalue weighted by Crippen LogP contribution is 2.20. The molecule has 7 heteroatoms. The SMILES string of the molecule is CN(C)CCNC(=O)C(=O)NC[C@H](c1ccc(N(C)C)cc1)N(C)C. The van der Waals surface area contributed by atoms with Gasteiger partial charge in [0.15, 0.2) is 0 Å². The molecule has 0 saturated heterocycles. The molecule has 0 saturated carbocycles. The third-order valence-corrected chi connectivity index (χ3v) is 3.92. The molecule has 2 amide bonds. The van der Waals surface area contributed by atoms with Crippen LogP contribution in [-0.4, -0.2) is 83.5 Å². The summed E-state index contributed by atoms with van der Waals surface area (Å²) in [7, 11) is 11.7. The van der Waals surface area contributed by atoms with E-state index in [0.29, 0.717) is 19.6 Å². The Kier molecular flexibility index (Phi) is 8.37. The maximum Gasteiger partial charge on any atom is 0.309 e. The van der Waals surface area contributed by atoms with E-state index >= 15 is 0 Å². The monoisotopic (exact) mass is 349 g/mol. The Balaban J connectivity index is 2.60. The summed E-state index contributed by atoms with van der Waals surface area (Å²) in [5, 5.41) is 5.34. The highest BCUT2D eigenvalue weighted by atomic mass is 16.2. The smallest absolute Gasteiger partial charge is 0.309 e. The van der Waals surface area contributed by atoms with Gasteiger partial charge in [0, 0.05) is 39.4 Å². The zero-order valence-electron chi connectivity index (χ0n) is 16.2. The predicted octanol–water partition coefficient (Wildman–Crippen LogP) is 0.149. The van der Waals surface area contributed by atoms with Gasteiger partial charge in [-0.15, -0.1) is 0 Å². The standard InChI is InChI=1S/C18H31N5O2/c1-21(2)12-11-19-17(24)18(25)20-13-16(23(5)6)14-7-9-15(10-8-14)22(3)4/h7-10,16H,11-13H2,1-6H3,(H,19,24)(H,20,25)/t16-/m1/s1. The number of rotatable bonds is 8. The minimum absolute atomic E-state index is 0.00487. The molecular weight excluding hydrogens is 318 g/mol. The molecule has 1 aromatic rings. The first-order valence-corrected chi connectivity index (χ1v) is 8.36. The van der Waals surface area contributed by atoms with Crippen LogP contribution in [-0.2, 0) is 9.59 Å². The molecule has 0 aliphatic heterocycles. The van der Waals surface area contributed by atoms with Crippen LogP contribution in [0.5, 0.6) is 0 Å². The van der Waals surface area contributed by atoms with Gasteiger partial charge in [-0.2, -0.15) is 0 Å². The second-order valence-corrected chi connectivity index (χ2v) is 6.73. The van der Waals surface area contributed by atoms with Crippen LogP contribution >= 0.6 is 0 Å². The Labute approximate surface area is 151 Å². The molecule has 0 aromatic heterocycles. The number of nitrogens with one attached hydrogen (secondary N) is 2. The van der Waals surface area contributed by atoms with Crippen molar-refractivity contribution in [3.63, 3.8) is 0 Å². The Morgan fingerprint density at radius 2 is 1.48 bits per heavy atom. The zero-order chi connectivity index (χ0) is 19.0. The van der Waals surface area contributed by atoms with Gasteiger partial charge < -0.3 is 25.3 Å². The minimum atomic E-state index is -0.601. The first-order valence-electron chi connectivity index (χ1n) is 8.36. The first-order chi connectivity index (χ1) is 11.7. The molecular formula is C18H31N5O2. The Morgan fingerprint density at radius 3 is 1.96 bits per heavy atom. The number of hydrogen-bond acceptors (Lipinski definition) is 5. The number of hydrogen-bond donors (Lipinski definition) is 2. The molecule has 7 nitrogen and oxygen atoms in total. The van der Waals surface area contributed by atoms with E-state index in [4.69, 9.17) is 0 Å². The van der Waals surface area contributed by atoms with Crippen LogP contribution < -0.4 is 15.5 Å². The van der Waals surface area contributed by atoms with Gasteiger partial charge in [0.1, 0.15) is 0 Å². The van der Waals surface area contributed by atoms with Crippen LogP contribution in [0.4, 0.5) is 5.69 Å². The topological polar surface area (TPSA) is 67.9 Å². The van der Waals surface area contributed by atoms with E-state index < -0.39 is 11.8 Å². The average molecular weight is 349 g/mol. The van der Waals surface area contributed by atoms with Gasteiger partial charge in [-0.25, -0.2) is 0 Å². The van der Waals surface area contributed by atoms with Gasteiger partial charge >= 0.3 is 11.8 Å². The maximum atomic E-state index is 12.0. The van der Waals surface area contributed by atoms with Crippen molar-refractivity contribution in [2.45, 2.75) is 6.04 Å². The molecule has 2 N–H and O–H groups in total. The maximum absolute atomic E-state index is 12.0. The summed E-state index contributed by atoms with van der Waals surface area (Å²) >= 11 is 0. The number of benzene rings is 1. The van der Waals surface area contributed by atoms with Crippen molar-refractivity contribution in [3.05, 3.63) is 29.8 Å². The number of likely N-dealkylation sites (N-methyl/N-ethyl adjacent to an activating group) is 2. The lowest BCUT2D eigenvalue weighted by Gasteiger charge is -2.25. The van der Waals surface area contributed by atoms with Crippen molar-refractivity contribution in [1.82, 2.24) is 20.4 Å². The highest BCUT2D eigenvalue weighted by molar-refractivity contribution is 6.35. The van der Waals surface area contributed by atoms with Gasteiger partial charge in [0.25, 0.3) is 0 Å². The van der Waals surface area contributed by atoms with E-state index in [1.165, 1.54) is 0 Å². The minimum Gasteiger partial charge on any atom is -0.378 e. The fraction of sp³-hybridized carbons (Fsp3) is 0.556. The van der Waals surface area contributed by atoms with Gasteiger partial charge in [0.05, 0.1) is 6.04 Å². The van der Waals surface area contributed by atoms with E-state index in [0.717, 1.165) is 11.3 Å². The Hall–Kier alpha value is -2.12. The van der Waals surface area contributed by atoms with Crippen LogP contribution in [0.1, 0.15) is 11.6 Å². The van der Waals surface area contributed by atoms with E-state index in [1.807, 2.05) is 81.3 Å². The normalized spacial score (nSPS) is 12.2. The van der Waals surface area contributed by atoms with E-state index in [2.05, 4.69) is 10.6 Å². The lowest BCUT2D eigenvalue weighted by molar-refractivity contribution is -0.139. The molecule has 1 atom stereocenters. The molecule has 25 heavy (non-hydrogen) atoms. The number of carbonyl (C=O) groups is 2. The molecule has 0 spiro atoms. The van der Waals surface area contributed by atoms with Gasteiger partial charge in [-0.05, 0) is 45.9 Å². The summed E-state index contributed by atoms with van der Waals surface area (Å²) in [6, 6.07) is 8.17. The molecule has 0 fully saturated rings. The van der Waals surface area contributed by atoms with Crippen LogP contribution in [0.3, 0.4) is 0 Å². The quantitative estimate of drug-likeness (QED) is 0.654. The number of carbonyl (C=O) groups excluding carboxylic acids is 2. The van der Waals surface area contributed by atoms with E-state index in [9.17, 15) is 9.59 Å². The van der Waals surface area contributed by atoms with Crippen LogP contribution in [0.2, 0.25) is 0 Å². The summed E-state index contributed by atoms with van der Waals surface area (Å²) < 4.78 is 0. The molecule has 1 aromatic carbocycles.